The summed E-state index contributed by atoms with van der Waals surface area (Å²) < 4.78 is 10.2. The van der Waals surface area contributed by atoms with Crippen molar-refractivity contribution in [2.45, 2.75) is 26.3 Å². The minimum absolute atomic E-state index is 0.405. The van der Waals surface area contributed by atoms with Gasteiger partial charge in [0, 0.05) is 11.6 Å². The first-order valence-corrected chi connectivity index (χ1v) is 6.12. The summed E-state index contributed by atoms with van der Waals surface area (Å²) in [6.07, 6.45) is 0. The van der Waals surface area contributed by atoms with Gasteiger partial charge in [-0.25, -0.2) is 0 Å². The van der Waals surface area contributed by atoms with Crippen LogP contribution in [-0.4, -0.2) is 31.6 Å². The number of ether oxygens (including phenoxy) is 2. The topological polar surface area (TPSA) is 76.7 Å². The Morgan fingerprint density at radius 2 is 1.70 bits per heavy atom. The average molecular weight is 280 g/mol. The van der Waals surface area contributed by atoms with Crippen LogP contribution < -0.4 is 20.1 Å². The molecule has 2 N–H and O–H groups in total. The van der Waals surface area contributed by atoms with E-state index in [9.17, 15) is 9.59 Å². The van der Waals surface area contributed by atoms with Gasteiger partial charge in [0.05, 0.1) is 19.9 Å². The lowest BCUT2D eigenvalue weighted by Crippen LogP contribution is -2.46. The number of hydrogen-bond donors (Lipinski definition) is 2. The second-order valence-electron chi connectivity index (χ2n) is 5.22. The average Bonchev–Trinajstić information content (AvgIpc) is 2.37. The predicted octanol–water partition coefficient (Wildman–Crippen LogP) is 1.56. The Balaban J connectivity index is 2.83. The van der Waals surface area contributed by atoms with Crippen molar-refractivity contribution < 1.29 is 19.1 Å². The molecule has 0 aliphatic carbocycles. The van der Waals surface area contributed by atoms with Gasteiger partial charge in [0.2, 0.25) is 0 Å². The van der Waals surface area contributed by atoms with Crippen molar-refractivity contribution in [1.82, 2.24) is 5.32 Å². The molecular formula is C14H20N2O4. The van der Waals surface area contributed by atoms with Gasteiger partial charge in [-0.05, 0) is 32.9 Å². The van der Waals surface area contributed by atoms with Gasteiger partial charge in [-0.1, -0.05) is 0 Å². The zero-order chi connectivity index (χ0) is 15.3. The molecule has 0 aliphatic rings. The van der Waals surface area contributed by atoms with Crippen LogP contribution in [0.1, 0.15) is 20.8 Å². The number of methoxy groups -OCH3 is 2. The second kappa shape index (κ2) is 6.27. The molecule has 0 atom stereocenters. The van der Waals surface area contributed by atoms with Crippen LogP contribution in [0.15, 0.2) is 18.2 Å². The highest BCUT2D eigenvalue weighted by molar-refractivity contribution is 6.39. The first kappa shape index (κ1) is 15.8. The lowest BCUT2D eigenvalue weighted by molar-refractivity contribution is -0.137. The van der Waals surface area contributed by atoms with E-state index in [-0.39, 0.29) is 0 Å². The maximum Gasteiger partial charge on any atom is 0.313 e. The van der Waals surface area contributed by atoms with Crippen molar-refractivity contribution in [2.75, 3.05) is 19.5 Å². The van der Waals surface area contributed by atoms with Crippen molar-refractivity contribution in [3.05, 3.63) is 18.2 Å². The van der Waals surface area contributed by atoms with E-state index in [2.05, 4.69) is 10.6 Å². The molecular weight excluding hydrogens is 260 g/mol. The number of hydrogen-bond acceptors (Lipinski definition) is 4. The smallest absolute Gasteiger partial charge is 0.313 e. The van der Waals surface area contributed by atoms with Crippen LogP contribution in [0.4, 0.5) is 5.69 Å². The van der Waals surface area contributed by atoms with Crippen molar-refractivity contribution >= 4 is 17.5 Å². The molecule has 2 amide bonds. The fraction of sp³-hybridized carbons (Fsp3) is 0.429. The molecule has 0 saturated carbocycles. The predicted molar refractivity (Wildman–Crippen MR) is 76.1 cm³/mol. The molecule has 0 spiro atoms. The van der Waals surface area contributed by atoms with E-state index in [1.807, 2.05) is 0 Å². The molecule has 0 saturated heterocycles. The standard InChI is InChI=1S/C14H20N2O4/c1-14(2,3)16-13(18)12(17)15-10-7-6-9(19-4)8-11(10)20-5/h6-8H,1-5H3,(H,15,17)(H,16,18). The van der Waals surface area contributed by atoms with Gasteiger partial charge >= 0.3 is 11.8 Å². The van der Waals surface area contributed by atoms with Crippen LogP contribution >= 0.6 is 0 Å². The molecule has 6 nitrogen and oxygen atoms in total. The molecule has 0 unspecified atom stereocenters. The Kier molecular flexibility index (Phi) is 4.96. The first-order valence-electron chi connectivity index (χ1n) is 6.12. The number of benzene rings is 1. The fourth-order valence-electron chi connectivity index (χ4n) is 1.48. The Bertz CT molecular complexity index is 506. The van der Waals surface area contributed by atoms with Gasteiger partial charge in [-0.15, -0.1) is 0 Å². The molecule has 0 fully saturated rings. The van der Waals surface area contributed by atoms with Gasteiger partial charge in [-0.2, -0.15) is 0 Å². The van der Waals surface area contributed by atoms with Crippen LogP contribution in [0.3, 0.4) is 0 Å². The van der Waals surface area contributed by atoms with E-state index >= 15 is 0 Å². The third-order valence-corrected chi connectivity index (χ3v) is 2.35. The summed E-state index contributed by atoms with van der Waals surface area (Å²) in [6, 6.07) is 4.90. The van der Waals surface area contributed by atoms with Crippen molar-refractivity contribution in [3.63, 3.8) is 0 Å². The third-order valence-electron chi connectivity index (χ3n) is 2.35. The molecule has 0 aromatic heterocycles. The molecule has 0 bridgehead atoms. The van der Waals surface area contributed by atoms with Crippen LogP contribution in [0.5, 0.6) is 11.5 Å². The Labute approximate surface area is 118 Å². The highest BCUT2D eigenvalue weighted by Gasteiger charge is 2.21. The summed E-state index contributed by atoms with van der Waals surface area (Å²) in [4.78, 5) is 23.5. The van der Waals surface area contributed by atoms with Gasteiger partial charge in [-0.3, -0.25) is 9.59 Å². The lowest BCUT2D eigenvalue weighted by Gasteiger charge is -2.20. The van der Waals surface area contributed by atoms with E-state index in [1.165, 1.54) is 14.2 Å². The van der Waals surface area contributed by atoms with Crippen molar-refractivity contribution in [3.8, 4) is 11.5 Å². The van der Waals surface area contributed by atoms with E-state index in [0.717, 1.165) is 0 Å². The van der Waals surface area contributed by atoms with E-state index in [1.54, 1.807) is 39.0 Å². The zero-order valence-electron chi connectivity index (χ0n) is 12.4. The number of amides is 2. The molecule has 1 aromatic carbocycles. The Hall–Kier alpha value is -2.24. The first-order chi connectivity index (χ1) is 9.26. The number of anilines is 1. The quantitative estimate of drug-likeness (QED) is 0.824. The highest BCUT2D eigenvalue weighted by Crippen LogP contribution is 2.28. The van der Waals surface area contributed by atoms with E-state index < -0.39 is 17.4 Å². The molecule has 1 rings (SSSR count). The maximum absolute atomic E-state index is 11.8. The van der Waals surface area contributed by atoms with Gasteiger partial charge in [0.15, 0.2) is 0 Å². The van der Waals surface area contributed by atoms with Gasteiger partial charge in [0.25, 0.3) is 0 Å². The molecule has 20 heavy (non-hydrogen) atoms. The van der Waals surface area contributed by atoms with Crippen molar-refractivity contribution in [1.29, 1.82) is 0 Å². The van der Waals surface area contributed by atoms with Gasteiger partial charge < -0.3 is 20.1 Å². The van der Waals surface area contributed by atoms with Crippen LogP contribution in [0.25, 0.3) is 0 Å². The fourth-order valence-corrected chi connectivity index (χ4v) is 1.48. The summed E-state index contributed by atoms with van der Waals surface area (Å²) in [5.74, 6) is -0.431. The summed E-state index contributed by atoms with van der Waals surface area (Å²) >= 11 is 0. The highest BCUT2D eigenvalue weighted by atomic mass is 16.5. The maximum atomic E-state index is 11.8. The summed E-state index contributed by atoms with van der Waals surface area (Å²) in [7, 11) is 3.00. The summed E-state index contributed by atoms with van der Waals surface area (Å²) in [6.45, 7) is 5.39. The SMILES string of the molecule is COc1ccc(NC(=O)C(=O)NC(C)(C)C)c(OC)c1. The Morgan fingerprint density at radius 1 is 1.05 bits per heavy atom. The minimum atomic E-state index is -0.747. The normalized spacial score (nSPS) is 10.7. The summed E-state index contributed by atoms with van der Waals surface area (Å²) in [5, 5.41) is 5.09. The second-order valence-corrected chi connectivity index (χ2v) is 5.22. The molecule has 0 aliphatic heterocycles. The van der Waals surface area contributed by atoms with Crippen molar-refractivity contribution in [2.24, 2.45) is 0 Å². The largest absolute Gasteiger partial charge is 0.497 e. The molecule has 1 aromatic rings. The molecule has 110 valence electrons. The minimum Gasteiger partial charge on any atom is -0.497 e. The molecule has 0 radical (unpaired) electrons. The van der Waals surface area contributed by atoms with E-state index in [0.29, 0.717) is 17.2 Å². The lowest BCUT2D eigenvalue weighted by atomic mass is 10.1. The van der Waals surface area contributed by atoms with Crippen LogP contribution in [0.2, 0.25) is 0 Å². The number of nitrogens with one attached hydrogen (secondary N) is 2. The van der Waals surface area contributed by atoms with E-state index in [4.69, 9.17) is 9.47 Å². The van der Waals surface area contributed by atoms with Crippen LogP contribution in [0, 0.1) is 0 Å². The zero-order valence-corrected chi connectivity index (χ0v) is 12.4. The number of carbonyl (C=O) groups excluding carboxylic acids is 2. The number of rotatable bonds is 3. The monoisotopic (exact) mass is 280 g/mol. The summed E-state index contributed by atoms with van der Waals surface area (Å²) in [5.41, 5.74) is -0.0688. The van der Waals surface area contributed by atoms with Gasteiger partial charge in [0.1, 0.15) is 11.5 Å². The molecule has 0 heterocycles. The number of carbonyl (C=O) groups is 2. The Morgan fingerprint density at radius 3 is 2.20 bits per heavy atom. The molecule has 6 heteroatoms. The van der Waals surface area contributed by atoms with Crippen LogP contribution in [-0.2, 0) is 9.59 Å². The third kappa shape index (κ3) is 4.46.